The second-order valence-electron chi connectivity index (χ2n) is 16.7. The second kappa shape index (κ2) is 14.3. The molecule has 5 aromatic carbocycles. The number of aliphatic hydroxyl groups is 1. The normalized spacial score (nSPS) is 15.6. The Morgan fingerprint density at radius 3 is 2.16 bits per heavy atom. The molecule has 278 valence electrons. The van der Waals surface area contributed by atoms with Gasteiger partial charge in [-0.05, 0) is 137 Å². The largest absolute Gasteiger partial charge is 0.455 e. The van der Waals surface area contributed by atoms with Crippen molar-refractivity contribution in [2.45, 2.75) is 71.3 Å². The lowest BCUT2D eigenvalue weighted by Gasteiger charge is -2.34. The highest BCUT2D eigenvalue weighted by atomic mass is 16.3. The fraction of sp³-hybridized carbons (Fsp3) is 0.231. The zero-order valence-electron chi connectivity index (χ0n) is 32.7. The number of hydrogen-bond acceptors (Lipinski definition) is 4. The summed E-state index contributed by atoms with van der Waals surface area (Å²) >= 11 is 0. The molecule has 1 saturated carbocycles. The van der Waals surface area contributed by atoms with Crippen LogP contribution in [0.3, 0.4) is 0 Å². The Morgan fingerprint density at radius 1 is 0.679 bits per heavy atom. The topological polar surface area (TPSA) is 59.2 Å². The molecule has 1 aliphatic rings. The van der Waals surface area contributed by atoms with Crippen molar-refractivity contribution in [2.75, 3.05) is 0 Å². The summed E-state index contributed by atoms with van der Waals surface area (Å²) in [4.78, 5) is 9.76. The summed E-state index contributed by atoms with van der Waals surface area (Å²) in [6.07, 6.45) is 9.10. The molecule has 3 aromatic heterocycles. The first kappa shape index (κ1) is 35.8. The Morgan fingerprint density at radius 2 is 1.41 bits per heavy atom. The lowest BCUT2D eigenvalue weighted by atomic mass is 9.71. The molecule has 56 heavy (non-hydrogen) atoms. The highest BCUT2D eigenvalue weighted by Gasteiger charge is 2.34. The third-order valence-corrected chi connectivity index (χ3v) is 12.3. The van der Waals surface area contributed by atoms with Crippen molar-refractivity contribution < 1.29 is 9.52 Å². The van der Waals surface area contributed by atoms with Crippen molar-refractivity contribution >= 4 is 21.9 Å². The van der Waals surface area contributed by atoms with Crippen LogP contribution in [-0.2, 0) is 12.0 Å². The molecule has 0 radical (unpaired) electrons. The van der Waals surface area contributed by atoms with Crippen molar-refractivity contribution in [3.05, 3.63) is 179 Å². The summed E-state index contributed by atoms with van der Waals surface area (Å²) in [5.41, 5.74) is 13.2. The summed E-state index contributed by atoms with van der Waals surface area (Å²) in [6.45, 7) is 9.20. The minimum absolute atomic E-state index is 0.300. The molecule has 1 atom stereocenters. The van der Waals surface area contributed by atoms with Gasteiger partial charge in [-0.25, -0.2) is 0 Å². The summed E-state index contributed by atoms with van der Waals surface area (Å²) in [5, 5.41) is 14.9. The number of hydrogen-bond donors (Lipinski definition) is 1. The number of pyridine rings is 2. The van der Waals surface area contributed by atoms with Gasteiger partial charge in [-0.15, -0.1) is 0 Å². The van der Waals surface area contributed by atoms with Gasteiger partial charge in [-0.3, -0.25) is 9.97 Å². The third kappa shape index (κ3) is 6.73. The van der Waals surface area contributed by atoms with Crippen molar-refractivity contribution in [2.24, 2.45) is 5.41 Å². The Balaban J connectivity index is 1.14. The molecule has 1 unspecified atom stereocenters. The number of rotatable bonds is 8. The maximum Gasteiger partial charge on any atom is 0.144 e. The molecule has 3 heterocycles. The van der Waals surface area contributed by atoms with Crippen LogP contribution in [0.2, 0.25) is 0 Å². The van der Waals surface area contributed by atoms with Crippen LogP contribution in [0, 0.1) is 19.3 Å². The minimum Gasteiger partial charge on any atom is -0.455 e. The van der Waals surface area contributed by atoms with Crippen LogP contribution in [0.25, 0.3) is 55.4 Å². The molecule has 4 heteroatoms. The smallest absolute Gasteiger partial charge is 0.144 e. The Bertz CT molecular complexity index is 2670. The van der Waals surface area contributed by atoms with Crippen molar-refractivity contribution in [3.8, 4) is 33.5 Å². The second-order valence-corrected chi connectivity index (χ2v) is 16.7. The summed E-state index contributed by atoms with van der Waals surface area (Å²) in [6, 6.07) is 46.1. The molecule has 1 N–H and O–H groups in total. The first-order valence-corrected chi connectivity index (χ1v) is 20.0. The SMILES string of the molecule is Cc1cc(C2CCC(C)(C)CC2)ccc1-c1cc(-c2cc(CC(O)(c3ccc(-c4ccccc4)cc3)c3ccccn3)cc3c2oc2ccccc23)ncc1C. The lowest BCUT2D eigenvalue weighted by molar-refractivity contribution is 0.0765. The van der Waals surface area contributed by atoms with Crippen LogP contribution in [0.5, 0.6) is 0 Å². The van der Waals surface area contributed by atoms with Gasteiger partial charge >= 0.3 is 0 Å². The van der Waals surface area contributed by atoms with Gasteiger partial charge < -0.3 is 9.52 Å². The van der Waals surface area contributed by atoms with Gasteiger partial charge in [0.2, 0.25) is 0 Å². The van der Waals surface area contributed by atoms with E-state index in [-0.39, 0.29) is 0 Å². The molecule has 0 saturated heterocycles. The van der Waals surface area contributed by atoms with Crippen molar-refractivity contribution in [1.82, 2.24) is 9.97 Å². The number of nitrogens with zero attached hydrogens (tertiary/aromatic N) is 2. The molecule has 9 rings (SSSR count). The van der Waals surface area contributed by atoms with Crippen LogP contribution >= 0.6 is 0 Å². The van der Waals surface area contributed by atoms with E-state index >= 15 is 0 Å². The van der Waals surface area contributed by atoms with Gasteiger partial charge in [-0.2, -0.15) is 0 Å². The van der Waals surface area contributed by atoms with Gasteiger partial charge in [0.15, 0.2) is 0 Å². The third-order valence-electron chi connectivity index (χ3n) is 12.3. The minimum atomic E-state index is -1.40. The molecule has 1 aliphatic carbocycles. The standard InChI is InChI=1S/C52H48N2O2/c1-34-28-40(39-23-25-51(3,4)26-24-39)19-22-42(34)44-31-47(54-33-35(44)2)46-30-36(29-45-43-14-8-9-15-48(43)56-50(45)46)32-52(55,49-16-10-11-27-53-49)41-20-17-38(18-21-41)37-12-6-5-7-13-37/h5-22,27-31,33,39,55H,23-26,32H2,1-4H3. The van der Waals surface area contributed by atoms with Crippen LogP contribution < -0.4 is 0 Å². The molecule has 0 spiro atoms. The van der Waals surface area contributed by atoms with E-state index in [0.717, 1.165) is 61.0 Å². The lowest BCUT2D eigenvalue weighted by Crippen LogP contribution is -2.31. The Labute approximate surface area is 329 Å². The number of benzene rings is 5. The molecule has 0 amide bonds. The first-order chi connectivity index (χ1) is 27.1. The molecule has 0 bridgehead atoms. The quantitative estimate of drug-likeness (QED) is 0.169. The number of para-hydroxylation sites is 1. The van der Waals surface area contributed by atoms with Gasteiger partial charge in [0.1, 0.15) is 16.8 Å². The van der Waals surface area contributed by atoms with E-state index in [1.165, 1.54) is 47.9 Å². The van der Waals surface area contributed by atoms with Gasteiger partial charge in [0.25, 0.3) is 0 Å². The van der Waals surface area contributed by atoms with E-state index < -0.39 is 5.60 Å². The average molecular weight is 733 g/mol. The van der Waals surface area contributed by atoms with Crippen LogP contribution in [0.1, 0.15) is 79.0 Å². The maximum atomic E-state index is 12.9. The average Bonchev–Trinajstić information content (AvgIpc) is 3.60. The van der Waals surface area contributed by atoms with E-state index in [1.54, 1.807) is 6.20 Å². The summed E-state index contributed by atoms with van der Waals surface area (Å²) < 4.78 is 6.63. The Hall–Kier alpha value is -5.84. The molecular formula is C52H48N2O2. The first-order valence-electron chi connectivity index (χ1n) is 20.0. The highest BCUT2D eigenvalue weighted by molar-refractivity contribution is 6.09. The number of fused-ring (bicyclic) bond motifs is 3. The zero-order valence-corrected chi connectivity index (χ0v) is 32.7. The molecule has 1 fully saturated rings. The summed E-state index contributed by atoms with van der Waals surface area (Å²) in [7, 11) is 0. The maximum absolute atomic E-state index is 12.9. The molecule has 4 nitrogen and oxygen atoms in total. The highest BCUT2D eigenvalue weighted by Crippen LogP contribution is 2.44. The molecule has 8 aromatic rings. The van der Waals surface area contributed by atoms with Crippen molar-refractivity contribution in [1.29, 1.82) is 0 Å². The fourth-order valence-corrected chi connectivity index (χ4v) is 8.93. The molecule has 0 aliphatic heterocycles. The van der Waals surface area contributed by atoms with Gasteiger partial charge in [0, 0.05) is 35.2 Å². The van der Waals surface area contributed by atoms with E-state index in [0.29, 0.717) is 23.4 Å². The molecular weight excluding hydrogens is 685 g/mol. The van der Waals surface area contributed by atoms with Crippen LogP contribution in [0.4, 0.5) is 0 Å². The van der Waals surface area contributed by atoms with Gasteiger partial charge in [0.05, 0.1) is 11.4 Å². The van der Waals surface area contributed by atoms with Crippen LogP contribution in [0.15, 0.2) is 150 Å². The monoisotopic (exact) mass is 732 g/mol. The van der Waals surface area contributed by atoms with E-state index in [2.05, 4.69) is 94.4 Å². The van der Waals surface area contributed by atoms with Gasteiger partial charge in [-0.1, -0.05) is 111 Å². The number of aromatic nitrogens is 2. The number of furan rings is 1. The number of aryl methyl sites for hydroxylation is 2. The van der Waals surface area contributed by atoms with E-state index in [9.17, 15) is 5.11 Å². The van der Waals surface area contributed by atoms with E-state index in [4.69, 9.17) is 14.4 Å². The fourth-order valence-electron chi connectivity index (χ4n) is 8.93. The van der Waals surface area contributed by atoms with Crippen molar-refractivity contribution in [3.63, 3.8) is 0 Å². The van der Waals surface area contributed by atoms with E-state index in [1.807, 2.05) is 72.9 Å². The zero-order chi connectivity index (χ0) is 38.4. The predicted octanol–water partition coefficient (Wildman–Crippen LogP) is 13.2. The van der Waals surface area contributed by atoms with Crippen LogP contribution in [-0.4, -0.2) is 15.1 Å². The predicted molar refractivity (Wildman–Crippen MR) is 230 cm³/mol. The Kier molecular flexibility index (Phi) is 9.18. The summed E-state index contributed by atoms with van der Waals surface area (Å²) in [5.74, 6) is 0.625.